The average Bonchev–Trinajstić information content (AvgIpc) is 3.23. The number of carbonyl (C=O) groups is 2. The summed E-state index contributed by atoms with van der Waals surface area (Å²) in [6.07, 6.45) is -3.44. The third kappa shape index (κ3) is 6.36. The smallest absolute Gasteiger partial charge is 0.334 e. The number of rotatable bonds is 6. The molecular weight excluding hydrogens is 461 g/mol. The molecule has 2 aromatic rings. The highest BCUT2D eigenvalue weighted by Crippen LogP contribution is 2.28. The second kappa shape index (κ2) is 10.4. The topological polar surface area (TPSA) is 81.1 Å². The quantitative estimate of drug-likeness (QED) is 0.674. The zero-order valence-corrected chi connectivity index (χ0v) is 20.3. The summed E-state index contributed by atoms with van der Waals surface area (Å²) in [6, 6.07) is 8.20. The number of benzene rings is 1. The van der Waals surface area contributed by atoms with Gasteiger partial charge in [-0.1, -0.05) is 35.9 Å². The number of hydrazone groups is 1. The Morgan fingerprint density at radius 3 is 2.34 bits per heavy atom. The van der Waals surface area contributed by atoms with Crippen molar-refractivity contribution >= 4 is 17.6 Å². The zero-order valence-electron chi connectivity index (χ0n) is 20.3. The van der Waals surface area contributed by atoms with E-state index in [-0.39, 0.29) is 19.0 Å². The van der Waals surface area contributed by atoms with Crippen LogP contribution in [0.3, 0.4) is 0 Å². The predicted molar refractivity (Wildman–Crippen MR) is 126 cm³/mol. The van der Waals surface area contributed by atoms with Gasteiger partial charge in [-0.25, -0.2) is 9.80 Å². The van der Waals surface area contributed by atoms with Gasteiger partial charge in [0.05, 0.1) is 30.9 Å². The number of aryl methyl sites for hydroxylation is 1. The molecule has 1 aromatic heterocycles. The number of urea groups is 1. The Hall–Kier alpha value is -3.47. The van der Waals surface area contributed by atoms with Gasteiger partial charge in [-0.3, -0.25) is 9.78 Å². The molecule has 2 atom stereocenters. The summed E-state index contributed by atoms with van der Waals surface area (Å²) in [5.74, 6) is -0.119. The van der Waals surface area contributed by atoms with Crippen LogP contribution in [0.25, 0.3) is 0 Å². The lowest BCUT2D eigenvalue weighted by Crippen LogP contribution is -2.48. The molecule has 1 unspecified atom stereocenters. The molecule has 8 nitrogen and oxygen atoms in total. The number of hydrogen-bond acceptors (Lipinski definition) is 5. The predicted octanol–water partition coefficient (Wildman–Crippen LogP) is 3.29. The van der Waals surface area contributed by atoms with E-state index in [9.17, 15) is 22.8 Å². The van der Waals surface area contributed by atoms with Gasteiger partial charge in [0.25, 0.3) is 0 Å². The summed E-state index contributed by atoms with van der Waals surface area (Å²) in [4.78, 5) is 32.5. The van der Waals surface area contributed by atoms with Crippen molar-refractivity contribution in [3.05, 3.63) is 65.0 Å². The van der Waals surface area contributed by atoms with E-state index < -0.39 is 30.0 Å². The molecule has 1 N–H and O–H groups in total. The number of carbonyl (C=O) groups excluding carboxylic acids is 2. The van der Waals surface area contributed by atoms with Crippen molar-refractivity contribution in [2.45, 2.75) is 32.1 Å². The maximum Gasteiger partial charge on any atom is 0.433 e. The highest BCUT2D eigenvalue weighted by Gasteiger charge is 2.36. The minimum atomic E-state index is -4.54. The van der Waals surface area contributed by atoms with Gasteiger partial charge in [0.2, 0.25) is 5.91 Å². The Labute approximate surface area is 202 Å². The Bertz CT molecular complexity index is 1080. The monoisotopic (exact) mass is 490 g/mol. The third-order valence-electron chi connectivity index (χ3n) is 5.70. The van der Waals surface area contributed by atoms with Crippen molar-refractivity contribution in [2.24, 2.45) is 5.10 Å². The number of pyridine rings is 1. The molecule has 11 heteroatoms. The summed E-state index contributed by atoms with van der Waals surface area (Å²) in [5.41, 5.74) is 1.86. The van der Waals surface area contributed by atoms with Gasteiger partial charge in [-0.2, -0.15) is 18.3 Å². The molecule has 0 aliphatic carbocycles. The van der Waals surface area contributed by atoms with E-state index in [0.29, 0.717) is 11.3 Å². The van der Waals surface area contributed by atoms with Crippen LogP contribution < -0.4 is 5.32 Å². The van der Waals surface area contributed by atoms with Crippen LogP contribution in [0.2, 0.25) is 0 Å². The van der Waals surface area contributed by atoms with E-state index in [2.05, 4.69) is 15.4 Å². The van der Waals surface area contributed by atoms with E-state index in [1.165, 1.54) is 11.1 Å². The number of halogens is 3. The molecule has 1 aromatic carbocycles. The van der Waals surface area contributed by atoms with Crippen LogP contribution in [-0.4, -0.2) is 77.7 Å². The van der Waals surface area contributed by atoms with Crippen molar-refractivity contribution in [2.75, 3.05) is 34.2 Å². The first-order valence-electron chi connectivity index (χ1n) is 11.0. The number of nitrogens with one attached hydrogen (secondary N) is 1. The van der Waals surface area contributed by atoms with Gasteiger partial charge in [-0.15, -0.1) is 0 Å². The van der Waals surface area contributed by atoms with E-state index in [1.54, 1.807) is 37.9 Å². The Morgan fingerprint density at radius 1 is 1.14 bits per heavy atom. The number of amides is 3. The molecule has 0 saturated carbocycles. The molecule has 3 rings (SSSR count). The lowest BCUT2D eigenvalue weighted by atomic mass is 10.0. The van der Waals surface area contributed by atoms with Crippen molar-refractivity contribution in [3.8, 4) is 0 Å². The molecule has 0 fully saturated rings. The second-order valence-electron chi connectivity index (χ2n) is 8.84. The van der Waals surface area contributed by atoms with Gasteiger partial charge in [0.1, 0.15) is 5.69 Å². The Kier molecular flexibility index (Phi) is 7.79. The molecule has 1 aliphatic rings. The van der Waals surface area contributed by atoms with E-state index in [0.717, 1.165) is 23.4 Å². The molecule has 35 heavy (non-hydrogen) atoms. The number of alkyl halides is 3. The fourth-order valence-electron chi connectivity index (χ4n) is 3.62. The lowest BCUT2D eigenvalue weighted by Gasteiger charge is -2.27. The molecular formula is C24H29F3N6O2. The third-order valence-corrected chi connectivity index (χ3v) is 5.70. The number of likely N-dealkylation sites (N-methyl/N-ethyl adjacent to an activating group) is 2. The normalized spacial score (nSPS) is 16.8. The highest BCUT2D eigenvalue weighted by molar-refractivity contribution is 6.08. The van der Waals surface area contributed by atoms with Crippen LogP contribution >= 0.6 is 0 Å². The highest BCUT2D eigenvalue weighted by atomic mass is 19.4. The fourth-order valence-corrected chi connectivity index (χ4v) is 3.62. The van der Waals surface area contributed by atoms with Gasteiger partial charge in [-0.05, 0) is 45.1 Å². The summed E-state index contributed by atoms with van der Waals surface area (Å²) < 4.78 is 38.3. The van der Waals surface area contributed by atoms with Crippen LogP contribution in [0.1, 0.15) is 35.3 Å². The number of nitrogens with zero attached hydrogens (tertiary/aromatic N) is 5. The van der Waals surface area contributed by atoms with Crippen LogP contribution in [-0.2, 0) is 11.0 Å². The van der Waals surface area contributed by atoms with Crippen molar-refractivity contribution < 1.29 is 22.8 Å². The molecule has 188 valence electrons. The van der Waals surface area contributed by atoms with E-state index >= 15 is 0 Å². The van der Waals surface area contributed by atoms with Gasteiger partial charge >= 0.3 is 12.2 Å². The summed E-state index contributed by atoms with van der Waals surface area (Å²) in [6.45, 7) is 3.95. The number of aromatic nitrogens is 1. The average molecular weight is 491 g/mol. The van der Waals surface area contributed by atoms with Crippen LogP contribution in [0.4, 0.5) is 18.0 Å². The summed E-state index contributed by atoms with van der Waals surface area (Å²) in [7, 11) is 5.28. The molecule has 0 saturated heterocycles. The summed E-state index contributed by atoms with van der Waals surface area (Å²) >= 11 is 0. The lowest BCUT2D eigenvalue weighted by molar-refractivity contribution is -0.141. The molecule has 0 radical (unpaired) electrons. The summed E-state index contributed by atoms with van der Waals surface area (Å²) in [5, 5.41) is 8.50. The second-order valence-corrected chi connectivity index (χ2v) is 8.84. The Balaban J connectivity index is 1.79. The molecule has 2 heterocycles. The van der Waals surface area contributed by atoms with Gasteiger partial charge in [0.15, 0.2) is 0 Å². The maximum atomic E-state index is 13.0. The van der Waals surface area contributed by atoms with Crippen molar-refractivity contribution in [1.29, 1.82) is 0 Å². The molecule has 1 aliphatic heterocycles. The Morgan fingerprint density at radius 2 is 1.80 bits per heavy atom. The van der Waals surface area contributed by atoms with Crippen LogP contribution in [0.15, 0.2) is 47.7 Å². The van der Waals surface area contributed by atoms with Crippen molar-refractivity contribution in [1.82, 2.24) is 25.1 Å². The van der Waals surface area contributed by atoms with Crippen molar-refractivity contribution in [3.63, 3.8) is 0 Å². The van der Waals surface area contributed by atoms with E-state index in [1.807, 2.05) is 31.2 Å². The van der Waals surface area contributed by atoms with Crippen LogP contribution in [0.5, 0.6) is 0 Å². The maximum absolute atomic E-state index is 13.0. The van der Waals surface area contributed by atoms with Crippen LogP contribution in [0, 0.1) is 6.92 Å². The molecule has 3 amide bonds. The molecule has 0 spiro atoms. The first-order chi connectivity index (χ1) is 16.4. The first kappa shape index (κ1) is 26.1. The minimum Gasteiger partial charge on any atom is -0.334 e. The largest absolute Gasteiger partial charge is 0.433 e. The zero-order chi connectivity index (χ0) is 25.9. The first-order valence-corrected chi connectivity index (χ1v) is 11.0. The fraction of sp³-hybridized carbons (Fsp3) is 0.417. The molecule has 0 bridgehead atoms. The minimum absolute atomic E-state index is 0.119. The standard InChI is InChI=1S/C24H29F3N6O2/c1-15-6-8-17(9-7-15)22-19(32(5)21(34)14-31(3)4)13-33(30-22)23(35)29-16(2)18-10-11-20(28-12-18)24(25,26)27/h6-12,16,19H,13-14H2,1-5H3,(H,29,35)/t16?,19-/m1/s1. The SMILES string of the molecule is Cc1ccc(C2=NN(C(=O)NC(C)c3ccc(C(F)(F)F)nc3)C[C@H]2N(C)C(=O)CN(C)C)cc1. The number of hydrogen-bond donors (Lipinski definition) is 1. The van der Waals surface area contributed by atoms with E-state index in [4.69, 9.17) is 0 Å². The van der Waals surface area contributed by atoms with Gasteiger partial charge in [0, 0.05) is 13.2 Å². The van der Waals surface area contributed by atoms with Gasteiger partial charge < -0.3 is 15.1 Å².